The molecule has 26 heavy (non-hydrogen) atoms. The first-order chi connectivity index (χ1) is 12.1. The van der Waals surface area contributed by atoms with E-state index in [9.17, 15) is 44.3 Å². The number of ether oxygens (including phenoxy) is 1. The van der Waals surface area contributed by atoms with Gasteiger partial charge in [-0.1, -0.05) is 0 Å². The summed E-state index contributed by atoms with van der Waals surface area (Å²) in [5.74, 6) is -25.1. The van der Waals surface area contributed by atoms with Crippen LogP contribution in [-0.4, -0.2) is 12.6 Å². The standard InChI is InChI=1S/C15H5F9O2/c1-2-26-15(25)5-10(20)6(16)3(7(17)11(5)21)4-8(18)12(22)14(24)13(23)9(4)19/h2H2,1H3. The average molecular weight is 388 g/mol. The van der Waals surface area contributed by atoms with Gasteiger partial charge in [-0.3, -0.25) is 0 Å². The lowest BCUT2D eigenvalue weighted by molar-refractivity contribution is 0.0512. The molecule has 2 aromatic rings. The summed E-state index contributed by atoms with van der Waals surface area (Å²) >= 11 is 0. The molecule has 0 aliphatic carbocycles. The highest BCUT2D eigenvalue weighted by Gasteiger charge is 2.36. The largest absolute Gasteiger partial charge is 0.462 e. The van der Waals surface area contributed by atoms with Gasteiger partial charge in [-0.15, -0.1) is 0 Å². The van der Waals surface area contributed by atoms with Crippen LogP contribution in [0.2, 0.25) is 0 Å². The maximum atomic E-state index is 14.1. The van der Waals surface area contributed by atoms with Gasteiger partial charge >= 0.3 is 5.97 Å². The number of rotatable bonds is 3. The molecule has 0 saturated carbocycles. The van der Waals surface area contributed by atoms with Crippen molar-refractivity contribution in [1.82, 2.24) is 0 Å². The van der Waals surface area contributed by atoms with E-state index < -0.39 is 81.6 Å². The van der Waals surface area contributed by atoms with Crippen LogP contribution in [0.3, 0.4) is 0 Å². The number of halogens is 9. The zero-order valence-corrected chi connectivity index (χ0v) is 12.4. The maximum Gasteiger partial charge on any atom is 0.344 e. The molecule has 0 aliphatic heterocycles. The fraction of sp³-hybridized carbons (Fsp3) is 0.133. The van der Waals surface area contributed by atoms with Gasteiger partial charge in [-0.25, -0.2) is 44.3 Å². The number of hydrogen-bond acceptors (Lipinski definition) is 2. The Hall–Kier alpha value is -2.72. The second-order valence-electron chi connectivity index (χ2n) is 4.67. The number of carbonyl (C=O) groups is 1. The zero-order valence-electron chi connectivity index (χ0n) is 12.4. The summed E-state index contributed by atoms with van der Waals surface area (Å²) in [7, 11) is 0. The van der Waals surface area contributed by atoms with Gasteiger partial charge in [0.05, 0.1) is 17.7 Å². The van der Waals surface area contributed by atoms with Crippen LogP contribution < -0.4 is 0 Å². The van der Waals surface area contributed by atoms with Gasteiger partial charge in [-0.05, 0) is 6.92 Å². The summed E-state index contributed by atoms with van der Waals surface area (Å²) in [6, 6.07) is 0. The van der Waals surface area contributed by atoms with Crippen LogP contribution in [0.4, 0.5) is 39.5 Å². The van der Waals surface area contributed by atoms with E-state index in [2.05, 4.69) is 4.74 Å². The fourth-order valence-electron chi connectivity index (χ4n) is 2.06. The molecule has 0 saturated heterocycles. The molecule has 2 rings (SSSR count). The van der Waals surface area contributed by atoms with Crippen molar-refractivity contribution in [1.29, 1.82) is 0 Å². The highest BCUT2D eigenvalue weighted by molar-refractivity contribution is 5.91. The van der Waals surface area contributed by atoms with Crippen LogP contribution in [-0.2, 0) is 4.74 Å². The van der Waals surface area contributed by atoms with Crippen LogP contribution in [0.15, 0.2) is 0 Å². The molecule has 0 radical (unpaired) electrons. The van der Waals surface area contributed by atoms with Gasteiger partial charge in [0.2, 0.25) is 5.82 Å². The van der Waals surface area contributed by atoms with E-state index in [-0.39, 0.29) is 0 Å². The molecule has 2 aromatic carbocycles. The SMILES string of the molecule is CCOC(=O)c1c(F)c(F)c(-c2c(F)c(F)c(F)c(F)c2F)c(F)c1F. The lowest BCUT2D eigenvalue weighted by atomic mass is 9.99. The molecule has 2 nitrogen and oxygen atoms in total. The van der Waals surface area contributed by atoms with E-state index in [0.29, 0.717) is 0 Å². The number of benzene rings is 2. The van der Waals surface area contributed by atoms with E-state index >= 15 is 0 Å². The number of esters is 1. The number of hydrogen-bond donors (Lipinski definition) is 0. The molecule has 0 amide bonds. The summed E-state index contributed by atoms with van der Waals surface area (Å²) < 4.78 is 127. The molecule has 0 atom stereocenters. The van der Waals surface area contributed by atoms with E-state index in [1.165, 1.54) is 6.92 Å². The molecule has 0 spiro atoms. The number of carbonyl (C=O) groups excluding carboxylic acids is 1. The summed E-state index contributed by atoms with van der Waals surface area (Å²) in [5, 5.41) is 0. The first-order valence-electron chi connectivity index (χ1n) is 6.60. The van der Waals surface area contributed by atoms with Crippen LogP contribution in [0.25, 0.3) is 11.1 Å². The van der Waals surface area contributed by atoms with E-state index in [0.717, 1.165) is 0 Å². The summed E-state index contributed by atoms with van der Waals surface area (Å²) in [4.78, 5) is 11.4. The topological polar surface area (TPSA) is 26.3 Å². The third-order valence-electron chi connectivity index (χ3n) is 3.20. The van der Waals surface area contributed by atoms with Crippen LogP contribution >= 0.6 is 0 Å². The molecule has 0 heterocycles. The van der Waals surface area contributed by atoms with Crippen molar-refractivity contribution in [3.05, 3.63) is 57.9 Å². The van der Waals surface area contributed by atoms with Crippen molar-refractivity contribution in [3.8, 4) is 11.1 Å². The van der Waals surface area contributed by atoms with E-state index in [4.69, 9.17) is 0 Å². The quantitative estimate of drug-likeness (QED) is 0.327. The molecule has 0 unspecified atom stereocenters. The van der Waals surface area contributed by atoms with E-state index in [1.54, 1.807) is 0 Å². The van der Waals surface area contributed by atoms with Gasteiger partial charge in [0, 0.05) is 0 Å². The van der Waals surface area contributed by atoms with Crippen molar-refractivity contribution in [2.45, 2.75) is 6.92 Å². The fourth-order valence-corrected chi connectivity index (χ4v) is 2.06. The smallest absolute Gasteiger partial charge is 0.344 e. The maximum absolute atomic E-state index is 14.1. The Morgan fingerprint density at radius 1 is 0.615 bits per heavy atom. The second kappa shape index (κ2) is 6.89. The third kappa shape index (κ3) is 2.76. The Morgan fingerprint density at radius 2 is 0.923 bits per heavy atom. The monoisotopic (exact) mass is 388 g/mol. The molecule has 0 bridgehead atoms. The van der Waals surface area contributed by atoms with Gasteiger partial charge in [0.15, 0.2) is 46.5 Å². The molecular formula is C15H5F9O2. The van der Waals surface area contributed by atoms with Crippen molar-refractivity contribution in [2.24, 2.45) is 0 Å². The molecule has 0 aromatic heterocycles. The molecule has 140 valence electrons. The van der Waals surface area contributed by atoms with Crippen molar-refractivity contribution >= 4 is 5.97 Å². The Bertz CT molecular complexity index is 866. The molecule has 0 fully saturated rings. The van der Waals surface area contributed by atoms with E-state index in [1.807, 2.05) is 0 Å². The zero-order chi connectivity index (χ0) is 19.9. The highest BCUT2D eigenvalue weighted by atomic mass is 19.2. The van der Waals surface area contributed by atoms with Gasteiger partial charge in [0.1, 0.15) is 5.56 Å². The average Bonchev–Trinajstić information content (AvgIpc) is 2.60. The van der Waals surface area contributed by atoms with Crippen molar-refractivity contribution in [2.75, 3.05) is 6.61 Å². The second-order valence-corrected chi connectivity index (χ2v) is 4.67. The summed E-state index contributed by atoms with van der Waals surface area (Å²) in [5.41, 5.74) is -6.31. The van der Waals surface area contributed by atoms with Crippen LogP contribution in [0.1, 0.15) is 17.3 Å². The van der Waals surface area contributed by atoms with Gasteiger partial charge in [0.25, 0.3) is 0 Å². The Morgan fingerprint density at radius 3 is 1.27 bits per heavy atom. The van der Waals surface area contributed by atoms with Crippen LogP contribution in [0.5, 0.6) is 0 Å². The van der Waals surface area contributed by atoms with Gasteiger partial charge in [-0.2, -0.15) is 0 Å². The highest BCUT2D eigenvalue weighted by Crippen LogP contribution is 2.37. The molecule has 0 aliphatic rings. The first kappa shape index (κ1) is 19.6. The summed E-state index contributed by atoms with van der Waals surface area (Å²) in [6.45, 7) is 0.754. The lowest BCUT2D eigenvalue weighted by Crippen LogP contribution is -2.16. The Balaban J connectivity index is 2.93. The third-order valence-corrected chi connectivity index (χ3v) is 3.20. The molecule has 0 N–H and O–H groups in total. The minimum absolute atomic E-state index is 0.444. The minimum atomic E-state index is -2.67. The summed E-state index contributed by atoms with van der Waals surface area (Å²) in [6.07, 6.45) is 0. The Kier molecular flexibility index (Phi) is 5.19. The normalized spacial score (nSPS) is 11.0. The molecular weight excluding hydrogens is 383 g/mol. The van der Waals surface area contributed by atoms with Crippen molar-refractivity contribution < 1.29 is 49.0 Å². The van der Waals surface area contributed by atoms with Gasteiger partial charge < -0.3 is 4.74 Å². The molecule has 11 heteroatoms. The minimum Gasteiger partial charge on any atom is -0.462 e. The predicted molar refractivity (Wildman–Crippen MR) is 67.5 cm³/mol. The first-order valence-corrected chi connectivity index (χ1v) is 6.60. The Labute approximate surface area is 138 Å². The predicted octanol–water partition coefficient (Wildman–Crippen LogP) is 4.78. The lowest BCUT2D eigenvalue weighted by Gasteiger charge is -2.13. The van der Waals surface area contributed by atoms with Crippen molar-refractivity contribution in [3.63, 3.8) is 0 Å². The van der Waals surface area contributed by atoms with Crippen LogP contribution in [0, 0.1) is 52.4 Å².